The van der Waals surface area contributed by atoms with Crippen LogP contribution in [0.25, 0.3) is 0 Å². The first-order valence-electron chi connectivity index (χ1n) is 4.83. The van der Waals surface area contributed by atoms with Crippen molar-refractivity contribution >= 4 is 11.8 Å². The van der Waals surface area contributed by atoms with Crippen LogP contribution in [-0.4, -0.2) is 18.4 Å². The van der Waals surface area contributed by atoms with Gasteiger partial charge in [0.25, 0.3) is 0 Å². The molecule has 1 aliphatic heterocycles. The summed E-state index contributed by atoms with van der Waals surface area (Å²) in [5.41, 5.74) is 0.704. The molecule has 2 rings (SSSR count). The van der Waals surface area contributed by atoms with E-state index in [1.165, 1.54) is 0 Å². The van der Waals surface area contributed by atoms with Crippen molar-refractivity contribution in [3.8, 4) is 0 Å². The summed E-state index contributed by atoms with van der Waals surface area (Å²) in [5.74, 6) is -0.618. The standard InChI is InChI=1S/C12H12O3/c1-8-3-5-9(6-4-8)12(2)10(13)7-15-11(12)14/h3-6H,7H2,1-2H3/t12-/m1/s1. The summed E-state index contributed by atoms with van der Waals surface area (Å²) < 4.78 is 4.78. The maximum Gasteiger partial charge on any atom is 0.324 e. The van der Waals surface area contributed by atoms with Gasteiger partial charge in [0.15, 0.2) is 17.8 Å². The number of carbonyl (C=O) groups excluding carboxylic acids is 2. The summed E-state index contributed by atoms with van der Waals surface area (Å²) >= 11 is 0. The SMILES string of the molecule is Cc1ccc([C@]2(C)C(=O)COC2=O)cc1. The molecular weight excluding hydrogens is 192 g/mol. The van der Waals surface area contributed by atoms with E-state index >= 15 is 0 Å². The Hall–Kier alpha value is -1.64. The number of aryl methyl sites for hydroxylation is 1. The Labute approximate surface area is 88.1 Å². The second-order valence-corrected chi connectivity index (χ2v) is 3.99. The molecule has 1 aliphatic rings. The highest BCUT2D eigenvalue weighted by Crippen LogP contribution is 2.31. The second kappa shape index (κ2) is 3.19. The van der Waals surface area contributed by atoms with Crippen LogP contribution in [-0.2, 0) is 19.7 Å². The number of hydrogen-bond donors (Lipinski definition) is 0. The van der Waals surface area contributed by atoms with Gasteiger partial charge < -0.3 is 4.74 Å². The van der Waals surface area contributed by atoms with Crippen LogP contribution in [0.1, 0.15) is 18.1 Å². The zero-order chi connectivity index (χ0) is 11.1. The first kappa shape index (κ1) is 9.90. The van der Waals surface area contributed by atoms with Crippen LogP contribution < -0.4 is 0 Å². The van der Waals surface area contributed by atoms with Crippen LogP contribution in [0.3, 0.4) is 0 Å². The van der Waals surface area contributed by atoms with Crippen molar-refractivity contribution in [1.82, 2.24) is 0 Å². The maximum absolute atomic E-state index is 11.6. The molecule has 0 aromatic heterocycles. The lowest BCUT2D eigenvalue weighted by atomic mass is 9.80. The lowest BCUT2D eigenvalue weighted by Gasteiger charge is -2.17. The number of esters is 1. The molecule has 0 radical (unpaired) electrons. The highest BCUT2D eigenvalue weighted by Gasteiger charge is 2.49. The number of ketones is 1. The molecule has 0 bridgehead atoms. The molecule has 1 saturated heterocycles. The zero-order valence-electron chi connectivity index (χ0n) is 8.74. The van der Waals surface area contributed by atoms with Crippen molar-refractivity contribution in [3.05, 3.63) is 35.4 Å². The molecule has 0 spiro atoms. The summed E-state index contributed by atoms with van der Waals surface area (Å²) in [4.78, 5) is 23.2. The van der Waals surface area contributed by atoms with E-state index in [9.17, 15) is 9.59 Å². The van der Waals surface area contributed by atoms with Gasteiger partial charge in [0.1, 0.15) is 0 Å². The van der Waals surface area contributed by atoms with Gasteiger partial charge in [-0.05, 0) is 19.4 Å². The quantitative estimate of drug-likeness (QED) is 0.512. The molecule has 1 aromatic carbocycles. The van der Waals surface area contributed by atoms with Gasteiger partial charge in [-0.15, -0.1) is 0 Å². The summed E-state index contributed by atoms with van der Waals surface area (Å²) in [5, 5.41) is 0. The first-order valence-corrected chi connectivity index (χ1v) is 4.83. The molecule has 0 unspecified atom stereocenters. The van der Waals surface area contributed by atoms with Gasteiger partial charge in [-0.1, -0.05) is 29.8 Å². The molecule has 0 aliphatic carbocycles. The van der Waals surface area contributed by atoms with Crippen LogP contribution in [0.4, 0.5) is 0 Å². The summed E-state index contributed by atoms with van der Waals surface area (Å²) in [7, 11) is 0. The molecule has 15 heavy (non-hydrogen) atoms. The fourth-order valence-corrected chi connectivity index (χ4v) is 1.70. The Morgan fingerprint density at radius 2 is 1.80 bits per heavy atom. The van der Waals surface area contributed by atoms with Gasteiger partial charge in [0.05, 0.1) is 0 Å². The normalized spacial score (nSPS) is 25.5. The van der Waals surface area contributed by atoms with Gasteiger partial charge in [-0.25, -0.2) is 0 Å². The number of carbonyl (C=O) groups is 2. The zero-order valence-corrected chi connectivity index (χ0v) is 8.74. The van der Waals surface area contributed by atoms with E-state index in [-0.39, 0.29) is 12.4 Å². The van der Waals surface area contributed by atoms with Crippen LogP contribution in [0.2, 0.25) is 0 Å². The van der Waals surface area contributed by atoms with E-state index in [1.807, 2.05) is 19.1 Å². The number of ether oxygens (including phenoxy) is 1. The molecule has 1 aromatic rings. The Balaban J connectivity index is 2.49. The predicted octanol–water partition coefficient (Wildman–Crippen LogP) is 1.38. The van der Waals surface area contributed by atoms with Crippen molar-refractivity contribution in [1.29, 1.82) is 0 Å². The molecular formula is C12H12O3. The van der Waals surface area contributed by atoms with E-state index in [0.717, 1.165) is 5.56 Å². The van der Waals surface area contributed by atoms with E-state index in [0.29, 0.717) is 5.56 Å². The molecule has 0 N–H and O–H groups in total. The minimum atomic E-state index is -1.10. The van der Waals surface area contributed by atoms with Crippen molar-refractivity contribution in [3.63, 3.8) is 0 Å². The number of Topliss-reactive ketones (excluding diaryl/α,β-unsaturated/α-hetero) is 1. The third-order valence-electron chi connectivity index (χ3n) is 2.93. The van der Waals surface area contributed by atoms with Gasteiger partial charge in [0, 0.05) is 0 Å². The minimum absolute atomic E-state index is 0.108. The molecule has 78 valence electrons. The third kappa shape index (κ3) is 1.35. The summed E-state index contributed by atoms with van der Waals surface area (Å²) in [6.07, 6.45) is 0. The van der Waals surface area contributed by atoms with Crippen molar-refractivity contribution < 1.29 is 14.3 Å². The molecule has 3 nitrogen and oxygen atoms in total. The van der Waals surface area contributed by atoms with E-state index in [2.05, 4.69) is 0 Å². The Morgan fingerprint density at radius 1 is 1.20 bits per heavy atom. The Kier molecular flexibility index (Phi) is 2.11. The molecule has 0 saturated carbocycles. The van der Waals surface area contributed by atoms with Crippen LogP contribution in [0, 0.1) is 6.92 Å². The van der Waals surface area contributed by atoms with Gasteiger partial charge in [-0.3, -0.25) is 9.59 Å². The Bertz CT molecular complexity index is 401. The second-order valence-electron chi connectivity index (χ2n) is 3.99. The average Bonchev–Trinajstić information content (AvgIpc) is 2.48. The third-order valence-corrected chi connectivity index (χ3v) is 2.93. The van der Waals surface area contributed by atoms with Crippen molar-refractivity contribution in [2.24, 2.45) is 0 Å². The fourth-order valence-electron chi connectivity index (χ4n) is 1.70. The molecule has 1 fully saturated rings. The number of rotatable bonds is 1. The lowest BCUT2D eigenvalue weighted by Crippen LogP contribution is -2.34. The first-order chi connectivity index (χ1) is 7.05. The van der Waals surface area contributed by atoms with Gasteiger partial charge in [0.2, 0.25) is 0 Å². The van der Waals surface area contributed by atoms with Crippen LogP contribution in [0.5, 0.6) is 0 Å². The number of hydrogen-bond acceptors (Lipinski definition) is 3. The fraction of sp³-hybridized carbons (Fsp3) is 0.333. The summed E-state index contributed by atoms with van der Waals surface area (Å²) in [6.45, 7) is 3.47. The van der Waals surface area contributed by atoms with Gasteiger partial charge >= 0.3 is 5.97 Å². The van der Waals surface area contributed by atoms with Crippen LogP contribution in [0.15, 0.2) is 24.3 Å². The monoisotopic (exact) mass is 204 g/mol. The molecule has 0 amide bonds. The maximum atomic E-state index is 11.6. The van der Waals surface area contributed by atoms with Crippen molar-refractivity contribution in [2.45, 2.75) is 19.3 Å². The lowest BCUT2D eigenvalue weighted by molar-refractivity contribution is -0.142. The number of benzene rings is 1. The van der Waals surface area contributed by atoms with E-state index in [1.54, 1.807) is 19.1 Å². The summed E-state index contributed by atoms with van der Waals surface area (Å²) in [6, 6.07) is 7.39. The number of cyclic esters (lactones) is 1. The predicted molar refractivity (Wildman–Crippen MR) is 54.5 cm³/mol. The molecule has 1 atom stereocenters. The van der Waals surface area contributed by atoms with Crippen molar-refractivity contribution in [2.75, 3.05) is 6.61 Å². The van der Waals surface area contributed by atoms with Crippen LogP contribution >= 0.6 is 0 Å². The average molecular weight is 204 g/mol. The topological polar surface area (TPSA) is 43.4 Å². The van der Waals surface area contributed by atoms with Gasteiger partial charge in [-0.2, -0.15) is 0 Å². The molecule has 1 heterocycles. The largest absolute Gasteiger partial charge is 0.457 e. The minimum Gasteiger partial charge on any atom is -0.457 e. The molecule has 3 heteroatoms. The smallest absolute Gasteiger partial charge is 0.324 e. The Morgan fingerprint density at radius 3 is 2.27 bits per heavy atom. The van der Waals surface area contributed by atoms with E-state index < -0.39 is 11.4 Å². The highest BCUT2D eigenvalue weighted by atomic mass is 16.5. The highest BCUT2D eigenvalue weighted by molar-refractivity contribution is 6.13. The van der Waals surface area contributed by atoms with E-state index in [4.69, 9.17) is 4.74 Å².